The second kappa shape index (κ2) is 4.06. The van der Waals surface area contributed by atoms with E-state index in [0.717, 1.165) is 0 Å². The zero-order chi connectivity index (χ0) is 11.6. The first-order valence-corrected chi connectivity index (χ1v) is 4.84. The van der Waals surface area contributed by atoms with Crippen molar-refractivity contribution in [1.29, 1.82) is 0 Å². The fourth-order valence-electron chi connectivity index (χ4n) is 1.10. The Morgan fingerprint density at radius 2 is 2.13 bits per heavy atom. The lowest BCUT2D eigenvalue weighted by Gasteiger charge is -2.33. The fraction of sp³-hybridized carbons (Fsp3) is 0.545. The molecule has 0 radical (unpaired) electrons. The number of likely N-dealkylation sites (N-methyl/N-ethyl adjacent to an activating group) is 1. The Hall–Kier alpha value is -1.29. The molecule has 1 rings (SSSR count). The summed E-state index contributed by atoms with van der Waals surface area (Å²) in [6.07, 6.45) is 0. The normalized spacial score (nSPS) is 11.5. The second-order valence-corrected chi connectivity index (χ2v) is 4.22. The molecule has 0 spiro atoms. The summed E-state index contributed by atoms with van der Waals surface area (Å²) in [7, 11) is 1.82. The van der Waals surface area contributed by atoms with Crippen molar-refractivity contribution in [3.8, 4) is 0 Å². The van der Waals surface area contributed by atoms with Crippen LogP contribution in [0.5, 0.6) is 0 Å². The highest BCUT2D eigenvalue weighted by atomic mass is 16.4. The van der Waals surface area contributed by atoms with E-state index in [9.17, 15) is 9.90 Å². The molecule has 1 aromatic rings. The SMILES string of the molecule is CC(=O)c1ccc(N(C)C(C)(C)CO)o1. The first-order chi connectivity index (χ1) is 6.88. The molecule has 0 saturated carbocycles. The lowest BCUT2D eigenvalue weighted by atomic mass is 10.1. The molecule has 0 aliphatic rings. The van der Waals surface area contributed by atoms with Crippen LogP contribution < -0.4 is 4.90 Å². The predicted octanol–water partition coefficient (Wildman–Crippen LogP) is 1.69. The van der Waals surface area contributed by atoms with Gasteiger partial charge in [-0.1, -0.05) is 0 Å². The van der Waals surface area contributed by atoms with Crippen LogP contribution in [0.1, 0.15) is 31.3 Å². The first kappa shape index (κ1) is 11.8. The van der Waals surface area contributed by atoms with Crippen molar-refractivity contribution in [2.75, 3.05) is 18.6 Å². The Morgan fingerprint density at radius 1 is 1.53 bits per heavy atom. The van der Waals surface area contributed by atoms with Crippen molar-refractivity contribution in [2.45, 2.75) is 26.3 Å². The van der Waals surface area contributed by atoms with Gasteiger partial charge < -0.3 is 14.4 Å². The molecule has 0 fully saturated rings. The average Bonchev–Trinajstić information content (AvgIpc) is 2.65. The zero-order valence-corrected chi connectivity index (χ0v) is 9.57. The van der Waals surface area contributed by atoms with Crippen LogP contribution in [0.3, 0.4) is 0 Å². The number of nitrogens with zero attached hydrogens (tertiary/aromatic N) is 1. The van der Waals surface area contributed by atoms with Gasteiger partial charge in [0.15, 0.2) is 17.4 Å². The van der Waals surface area contributed by atoms with E-state index in [-0.39, 0.29) is 12.4 Å². The minimum absolute atomic E-state index is 0.0135. The number of furan rings is 1. The molecule has 0 unspecified atom stereocenters. The van der Waals surface area contributed by atoms with Gasteiger partial charge in [-0.15, -0.1) is 0 Å². The number of carbonyl (C=O) groups is 1. The van der Waals surface area contributed by atoms with Crippen LogP contribution in [-0.2, 0) is 0 Å². The van der Waals surface area contributed by atoms with Crippen LogP contribution >= 0.6 is 0 Å². The number of rotatable bonds is 4. The largest absolute Gasteiger partial charge is 0.437 e. The standard InChI is InChI=1S/C11H17NO3/c1-8(14)9-5-6-10(15-9)12(4)11(2,3)7-13/h5-6,13H,7H2,1-4H3. The first-order valence-electron chi connectivity index (χ1n) is 4.84. The molecule has 0 amide bonds. The van der Waals surface area contributed by atoms with Gasteiger partial charge in [0.2, 0.25) is 0 Å². The van der Waals surface area contributed by atoms with Crippen LogP contribution in [0.2, 0.25) is 0 Å². The van der Waals surface area contributed by atoms with E-state index in [4.69, 9.17) is 4.42 Å². The Labute approximate surface area is 89.5 Å². The Morgan fingerprint density at radius 3 is 2.53 bits per heavy atom. The van der Waals surface area contributed by atoms with E-state index in [1.807, 2.05) is 20.9 Å². The van der Waals surface area contributed by atoms with Gasteiger partial charge in [-0.3, -0.25) is 4.79 Å². The number of ketones is 1. The maximum Gasteiger partial charge on any atom is 0.196 e. The summed E-state index contributed by atoms with van der Waals surface area (Å²) >= 11 is 0. The molecular weight excluding hydrogens is 194 g/mol. The summed E-state index contributed by atoms with van der Waals surface area (Å²) in [5.41, 5.74) is -0.411. The van der Waals surface area contributed by atoms with Gasteiger partial charge in [-0.25, -0.2) is 0 Å². The molecule has 1 N–H and O–H groups in total. The summed E-state index contributed by atoms with van der Waals surface area (Å²) in [6, 6.07) is 3.37. The molecule has 0 aliphatic carbocycles. The molecule has 0 saturated heterocycles. The molecule has 0 atom stereocenters. The Kier molecular flexibility index (Phi) is 3.19. The van der Waals surface area contributed by atoms with Crippen molar-refractivity contribution in [1.82, 2.24) is 0 Å². The molecule has 0 aromatic carbocycles. The minimum atomic E-state index is -0.411. The lowest BCUT2D eigenvalue weighted by Crippen LogP contribution is -2.44. The zero-order valence-electron chi connectivity index (χ0n) is 9.57. The smallest absolute Gasteiger partial charge is 0.196 e. The molecular formula is C11H17NO3. The van der Waals surface area contributed by atoms with Crippen molar-refractivity contribution in [3.05, 3.63) is 17.9 Å². The van der Waals surface area contributed by atoms with Crippen LogP contribution in [0.25, 0.3) is 0 Å². The molecule has 0 aliphatic heterocycles. The van der Waals surface area contributed by atoms with Crippen LogP contribution in [-0.4, -0.2) is 30.1 Å². The average molecular weight is 211 g/mol. The molecule has 1 aromatic heterocycles. The third-order valence-corrected chi connectivity index (χ3v) is 2.56. The number of hydrogen-bond acceptors (Lipinski definition) is 4. The van der Waals surface area contributed by atoms with E-state index >= 15 is 0 Å². The second-order valence-electron chi connectivity index (χ2n) is 4.22. The van der Waals surface area contributed by atoms with E-state index in [1.54, 1.807) is 17.0 Å². The molecule has 0 bridgehead atoms. The highest BCUT2D eigenvalue weighted by Gasteiger charge is 2.25. The molecule has 1 heterocycles. The van der Waals surface area contributed by atoms with Gasteiger partial charge >= 0.3 is 0 Å². The van der Waals surface area contributed by atoms with Gasteiger partial charge in [-0.05, 0) is 19.9 Å². The van der Waals surface area contributed by atoms with Gasteiger partial charge in [-0.2, -0.15) is 0 Å². The topological polar surface area (TPSA) is 53.7 Å². The highest BCUT2D eigenvalue weighted by Crippen LogP contribution is 2.24. The summed E-state index contributed by atoms with van der Waals surface area (Å²) < 4.78 is 5.36. The lowest BCUT2D eigenvalue weighted by molar-refractivity contribution is 0.0987. The van der Waals surface area contributed by atoms with Gasteiger partial charge in [0.25, 0.3) is 0 Å². The maximum atomic E-state index is 11.0. The summed E-state index contributed by atoms with van der Waals surface area (Å²) in [5.74, 6) is 0.821. The predicted molar refractivity (Wildman–Crippen MR) is 58.3 cm³/mol. The number of anilines is 1. The number of aliphatic hydroxyl groups excluding tert-OH is 1. The van der Waals surface area contributed by atoms with Crippen LogP contribution in [0, 0.1) is 0 Å². The maximum absolute atomic E-state index is 11.0. The van der Waals surface area contributed by atoms with Gasteiger partial charge in [0.05, 0.1) is 12.1 Å². The van der Waals surface area contributed by atoms with E-state index < -0.39 is 5.54 Å². The fourth-order valence-corrected chi connectivity index (χ4v) is 1.10. The number of hydrogen-bond donors (Lipinski definition) is 1. The van der Waals surface area contributed by atoms with E-state index in [1.165, 1.54) is 6.92 Å². The summed E-state index contributed by atoms with van der Waals surface area (Å²) in [5, 5.41) is 9.19. The Bertz CT molecular complexity index is 354. The molecule has 4 heteroatoms. The van der Waals surface area contributed by atoms with Crippen molar-refractivity contribution in [2.24, 2.45) is 0 Å². The number of carbonyl (C=O) groups excluding carboxylic acids is 1. The monoisotopic (exact) mass is 211 g/mol. The highest BCUT2D eigenvalue weighted by molar-refractivity contribution is 5.91. The Balaban J connectivity index is 2.92. The summed E-state index contributed by atoms with van der Waals surface area (Å²) in [6.45, 7) is 5.26. The van der Waals surface area contributed by atoms with Gasteiger partial charge in [0.1, 0.15) is 0 Å². The molecule has 84 valence electrons. The minimum Gasteiger partial charge on any atom is -0.437 e. The van der Waals surface area contributed by atoms with Crippen molar-refractivity contribution in [3.63, 3.8) is 0 Å². The van der Waals surface area contributed by atoms with Crippen LogP contribution in [0.15, 0.2) is 16.5 Å². The molecule has 15 heavy (non-hydrogen) atoms. The van der Waals surface area contributed by atoms with E-state index in [2.05, 4.69) is 0 Å². The molecule has 4 nitrogen and oxygen atoms in total. The third kappa shape index (κ3) is 2.39. The van der Waals surface area contributed by atoms with Crippen molar-refractivity contribution < 1.29 is 14.3 Å². The summed E-state index contributed by atoms with van der Waals surface area (Å²) in [4.78, 5) is 12.8. The number of aliphatic hydroxyl groups is 1. The third-order valence-electron chi connectivity index (χ3n) is 2.56. The van der Waals surface area contributed by atoms with Gasteiger partial charge in [0, 0.05) is 20.0 Å². The quantitative estimate of drug-likeness (QED) is 0.770. The van der Waals surface area contributed by atoms with Crippen LogP contribution in [0.4, 0.5) is 5.88 Å². The van der Waals surface area contributed by atoms with E-state index in [0.29, 0.717) is 11.6 Å². The van der Waals surface area contributed by atoms with Crippen molar-refractivity contribution >= 4 is 11.7 Å². The number of Topliss-reactive ketones (excluding diaryl/α,β-unsaturated/α-hetero) is 1.